The molecule has 1 heterocycles. The monoisotopic (exact) mass is 413 g/mol. The molecule has 2 aromatic rings. The summed E-state index contributed by atoms with van der Waals surface area (Å²) in [5, 5.41) is 11.3. The fourth-order valence-corrected chi connectivity index (χ4v) is 4.18. The third kappa shape index (κ3) is 3.93. The number of thiocarbonyl (C=S) groups is 1. The van der Waals surface area contributed by atoms with E-state index in [-0.39, 0.29) is 11.6 Å². The van der Waals surface area contributed by atoms with Crippen molar-refractivity contribution < 1.29 is 9.72 Å². The Kier molecular flexibility index (Phi) is 5.81. The summed E-state index contributed by atoms with van der Waals surface area (Å²) in [5.74, 6) is -0.227. The maximum atomic E-state index is 12.9. The van der Waals surface area contributed by atoms with Crippen LogP contribution in [0.1, 0.15) is 18.1 Å². The Balaban J connectivity index is 1.91. The molecule has 0 spiro atoms. The zero-order valence-corrected chi connectivity index (χ0v) is 17.3. The normalized spacial score (nSPS) is 15.4. The number of nitrogens with zero attached hydrogens (tertiary/aromatic N) is 3. The molecular formula is C20H19N3O3S2. The topological polar surface area (TPSA) is 66.7 Å². The van der Waals surface area contributed by atoms with Gasteiger partial charge < -0.3 is 4.90 Å². The van der Waals surface area contributed by atoms with Crippen LogP contribution in [0.5, 0.6) is 0 Å². The zero-order valence-electron chi connectivity index (χ0n) is 15.7. The molecule has 0 radical (unpaired) electrons. The number of hydrogen-bond acceptors (Lipinski definition) is 6. The highest BCUT2D eigenvalue weighted by atomic mass is 32.2. The Morgan fingerprint density at radius 3 is 2.46 bits per heavy atom. The van der Waals surface area contributed by atoms with E-state index in [4.69, 9.17) is 12.2 Å². The highest BCUT2D eigenvalue weighted by Crippen LogP contribution is 2.37. The van der Waals surface area contributed by atoms with Gasteiger partial charge in [-0.1, -0.05) is 43.0 Å². The van der Waals surface area contributed by atoms with Crippen LogP contribution in [-0.2, 0) is 11.2 Å². The lowest BCUT2D eigenvalue weighted by molar-refractivity contribution is -0.385. The predicted molar refractivity (Wildman–Crippen MR) is 119 cm³/mol. The number of nitro benzene ring substituents is 1. The lowest BCUT2D eigenvalue weighted by atomic mass is 10.1. The Hall–Kier alpha value is -2.71. The third-order valence-corrected chi connectivity index (χ3v) is 5.70. The van der Waals surface area contributed by atoms with E-state index in [1.165, 1.54) is 22.7 Å². The molecule has 0 atom stereocenters. The maximum absolute atomic E-state index is 12.9. The second kappa shape index (κ2) is 8.12. The summed E-state index contributed by atoms with van der Waals surface area (Å²) < 4.78 is 0.438. The highest BCUT2D eigenvalue weighted by molar-refractivity contribution is 8.27. The first-order valence-electron chi connectivity index (χ1n) is 8.64. The molecule has 6 nitrogen and oxygen atoms in total. The molecule has 0 bridgehead atoms. The molecule has 0 aromatic heterocycles. The largest absolute Gasteiger partial charge is 0.378 e. The number of nitro groups is 1. The van der Waals surface area contributed by atoms with Crippen LogP contribution in [0.15, 0.2) is 47.4 Å². The Morgan fingerprint density at radius 2 is 1.89 bits per heavy atom. The number of thioether (sulfide) groups is 1. The van der Waals surface area contributed by atoms with Gasteiger partial charge in [0.1, 0.15) is 0 Å². The number of amides is 1. The zero-order chi connectivity index (χ0) is 20.4. The van der Waals surface area contributed by atoms with Crippen molar-refractivity contribution in [2.24, 2.45) is 0 Å². The maximum Gasteiger partial charge on any atom is 0.273 e. The van der Waals surface area contributed by atoms with Crippen LogP contribution in [-0.4, -0.2) is 29.2 Å². The summed E-state index contributed by atoms with van der Waals surface area (Å²) in [5.41, 5.74) is 3.05. The van der Waals surface area contributed by atoms with Crippen LogP contribution < -0.4 is 9.80 Å². The Bertz CT molecular complexity index is 985. The number of anilines is 2. The second-order valence-electron chi connectivity index (χ2n) is 6.43. The number of benzene rings is 2. The first-order chi connectivity index (χ1) is 13.3. The molecule has 1 fully saturated rings. The summed E-state index contributed by atoms with van der Waals surface area (Å²) in [6.45, 7) is 1.87. The predicted octanol–water partition coefficient (Wildman–Crippen LogP) is 4.63. The van der Waals surface area contributed by atoms with Crippen LogP contribution in [0.2, 0.25) is 0 Å². The number of carbonyl (C=O) groups is 1. The molecule has 1 amide bonds. The molecule has 3 rings (SSSR count). The average Bonchev–Trinajstić information content (AvgIpc) is 2.95. The standard InChI is InChI=1S/C20H19N3O3S2/c1-4-14-6-5-13(11-17(14)23(25)26)12-18-19(24)22(20(27)28-18)16-9-7-15(8-10-16)21(2)3/h5-12H,4H2,1-3H3/b18-12-. The van der Waals surface area contributed by atoms with Gasteiger partial charge in [-0.3, -0.25) is 19.8 Å². The van der Waals surface area contributed by atoms with Gasteiger partial charge in [-0.25, -0.2) is 0 Å². The van der Waals surface area contributed by atoms with Gasteiger partial charge in [0.05, 0.1) is 15.5 Å². The van der Waals surface area contributed by atoms with E-state index >= 15 is 0 Å². The Morgan fingerprint density at radius 1 is 1.21 bits per heavy atom. The summed E-state index contributed by atoms with van der Waals surface area (Å²) in [4.78, 5) is 27.7. The van der Waals surface area contributed by atoms with Crippen molar-refractivity contribution in [3.05, 3.63) is 68.6 Å². The Labute approximate surface area is 173 Å². The van der Waals surface area contributed by atoms with Crippen molar-refractivity contribution in [1.29, 1.82) is 0 Å². The molecule has 1 aliphatic heterocycles. The van der Waals surface area contributed by atoms with E-state index in [1.54, 1.807) is 18.2 Å². The molecule has 1 saturated heterocycles. The average molecular weight is 414 g/mol. The van der Waals surface area contributed by atoms with Crippen molar-refractivity contribution in [3.8, 4) is 0 Å². The number of hydrogen-bond donors (Lipinski definition) is 0. The van der Waals surface area contributed by atoms with Crippen molar-refractivity contribution in [1.82, 2.24) is 0 Å². The number of carbonyl (C=O) groups excluding carboxylic acids is 1. The van der Waals surface area contributed by atoms with Crippen molar-refractivity contribution in [2.75, 3.05) is 23.9 Å². The van der Waals surface area contributed by atoms with Crippen LogP contribution in [0, 0.1) is 10.1 Å². The molecule has 0 unspecified atom stereocenters. The van der Waals surface area contributed by atoms with Gasteiger partial charge in [0.15, 0.2) is 4.32 Å². The van der Waals surface area contributed by atoms with Gasteiger partial charge in [0.2, 0.25) is 0 Å². The first kappa shape index (κ1) is 20.0. The number of aryl methyl sites for hydroxylation is 1. The van der Waals surface area contributed by atoms with Crippen LogP contribution in [0.25, 0.3) is 6.08 Å². The SMILES string of the molecule is CCc1ccc(/C=C2\SC(=S)N(c3ccc(N(C)C)cc3)C2=O)cc1[N+](=O)[O-]. The minimum Gasteiger partial charge on any atom is -0.378 e. The van der Waals surface area contributed by atoms with Gasteiger partial charge in [-0.2, -0.15) is 0 Å². The van der Waals surface area contributed by atoms with E-state index in [9.17, 15) is 14.9 Å². The minimum absolute atomic E-state index is 0.0611. The lowest BCUT2D eigenvalue weighted by Crippen LogP contribution is -2.27. The second-order valence-corrected chi connectivity index (χ2v) is 8.10. The minimum atomic E-state index is -0.395. The molecule has 28 heavy (non-hydrogen) atoms. The fraction of sp³-hybridized carbons (Fsp3) is 0.200. The van der Waals surface area contributed by atoms with Gasteiger partial charge >= 0.3 is 0 Å². The van der Waals surface area contributed by atoms with Crippen molar-refractivity contribution in [2.45, 2.75) is 13.3 Å². The lowest BCUT2D eigenvalue weighted by Gasteiger charge is -2.17. The van der Waals surface area contributed by atoms with E-state index in [2.05, 4.69) is 0 Å². The van der Waals surface area contributed by atoms with Gasteiger partial charge in [0, 0.05) is 31.4 Å². The van der Waals surface area contributed by atoms with E-state index in [0.717, 1.165) is 5.69 Å². The van der Waals surface area contributed by atoms with Crippen molar-refractivity contribution in [3.63, 3.8) is 0 Å². The first-order valence-corrected chi connectivity index (χ1v) is 9.87. The van der Waals surface area contributed by atoms with E-state index in [0.29, 0.717) is 32.5 Å². The van der Waals surface area contributed by atoms with Crippen LogP contribution in [0.3, 0.4) is 0 Å². The number of rotatable bonds is 5. The van der Waals surface area contributed by atoms with Gasteiger partial charge in [0.25, 0.3) is 11.6 Å². The molecule has 0 saturated carbocycles. The van der Waals surface area contributed by atoms with Gasteiger partial charge in [-0.15, -0.1) is 0 Å². The molecule has 2 aromatic carbocycles. The molecule has 144 valence electrons. The van der Waals surface area contributed by atoms with Crippen LogP contribution in [0.4, 0.5) is 17.1 Å². The van der Waals surface area contributed by atoms with Crippen LogP contribution >= 0.6 is 24.0 Å². The molecule has 0 aliphatic carbocycles. The van der Waals surface area contributed by atoms with E-state index in [1.807, 2.05) is 50.2 Å². The molecule has 8 heteroatoms. The summed E-state index contributed by atoms with van der Waals surface area (Å²) in [7, 11) is 3.89. The quantitative estimate of drug-likeness (QED) is 0.308. The molecule has 1 aliphatic rings. The van der Waals surface area contributed by atoms with Gasteiger partial charge in [-0.05, 0) is 42.3 Å². The smallest absolute Gasteiger partial charge is 0.273 e. The van der Waals surface area contributed by atoms with Crippen molar-refractivity contribution >= 4 is 57.3 Å². The van der Waals surface area contributed by atoms with E-state index < -0.39 is 4.92 Å². The highest BCUT2D eigenvalue weighted by Gasteiger charge is 2.33. The molecular weight excluding hydrogens is 394 g/mol. The third-order valence-electron chi connectivity index (χ3n) is 4.40. The molecule has 0 N–H and O–H groups in total. The summed E-state index contributed by atoms with van der Waals surface area (Å²) >= 11 is 6.59. The summed E-state index contributed by atoms with van der Waals surface area (Å²) in [6, 6.07) is 12.6. The summed E-state index contributed by atoms with van der Waals surface area (Å²) in [6.07, 6.45) is 2.22. The fourth-order valence-electron chi connectivity index (χ4n) is 2.88.